The van der Waals surface area contributed by atoms with Gasteiger partial charge in [0.05, 0.1) is 5.41 Å². The van der Waals surface area contributed by atoms with Crippen molar-refractivity contribution in [3.05, 3.63) is 234 Å². The molecule has 0 bridgehead atoms. The Morgan fingerprint density at radius 1 is 0.333 bits per heavy atom. The standard InChI is InChI=1S/C50H37N/c1-36-21-27-42(28-22-36)50(41-17-9-4-10-18-41)48-20-12-11-19-46(48)47-34-33-45(35-49(47)50)51(43-29-23-39(24-30-43)37-13-5-2-6-14-37)44-31-25-40(26-32-44)38-15-7-3-8-16-38/h2-35H,1H3. The van der Waals surface area contributed by atoms with Crippen LogP contribution in [0.15, 0.2) is 206 Å². The molecule has 1 heteroatoms. The first-order valence-corrected chi connectivity index (χ1v) is 17.7. The first-order valence-electron chi connectivity index (χ1n) is 17.7. The zero-order chi connectivity index (χ0) is 34.2. The molecule has 0 aromatic heterocycles. The van der Waals surface area contributed by atoms with Crippen LogP contribution in [-0.4, -0.2) is 0 Å². The van der Waals surface area contributed by atoms with Gasteiger partial charge in [0, 0.05) is 17.1 Å². The fourth-order valence-electron chi connectivity index (χ4n) is 8.00. The average Bonchev–Trinajstić information content (AvgIpc) is 3.50. The van der Waals surface area contributed by atoms with E-state index in [-0.39, 0.29) is 0 Å². The van der Waals surface area contributed by atoms with E-state index >= 15 is 0 Å². The van der Waals surface area contributed by atoms with Gasteiger partial charge in [0.2, 0.25) is 0 Å². The van der Waals surface area contributed by atoms with Gasteiger partial charge >= 0.3 is 0 Å². The number of hydrogen-bond donors (Lipinski definition) is 0. The Morgan fingerprint density at radius 2 is 0.765 bits per heavy atom. The van der Waals surface area contributed by atoms with Crippen molar-refractivity contribution < 1.29 is 0 Å². The molecule has 0 amide bonds. The van der Waals surface area contributed by atoms with Crippen LogP contribution in [0.1, 0.15) is 27.8 Å². The van der Waals surface area contributed by atoms with Gasteiger partial charge < -0.3 is 4.90 Å². The molecule has 1 atom stereocenters. The molecule has 0 aliphatic heterocycles. The molecule has 0 N–H and O–H groups in total. The topological polar surface area (TPSA) is 3.24 Å². The van der Waals surface area contributed by atoms with Crippen LogP contribution in [-0.2, 0) is 5.41 Å². The summed E-state index contributed by atoms with van der Waals surface area (Å²) in [6, 6.07) is 75.4. The van der Waals surface area contributed by atoms with Crippen molar-refractivity contribution in [2.45, 2.75) is 12.3 Å². The number of hydrogen-bond acceptors (Lipinski definition) is 1. The Kier molecular flexibility index (Phi) is 7.67. The highest BCUT2D eigenvalue weighted by atomic mass is 15.1. The minimum Gasteiger partial charge on any atom is -0.310 e. The van der Waals surface area contributed by atoms with E-state index < -0.39 is 5.41 Å². The van der Waals surface area contributed by atoms with Crippen molar-refractivity contribution in [3.8, 4) is 33.4 Å². The molecule has 51 heavy (non-hydrogen) atoms. The maximum absolute atomic E-state index is 2.44. The van der Waals surface area contributed by atoms with Crippen LogP contribution >= 0.6 is 0 Å². The largest absolute Gasteiger partial charge is 0.310 e. The van der Waals surface area contributed by atoms with E-state index in [1.54, 1.807) is 0 Å². The van der Waals surface area contributed by atoms with Crippen molar-refractivity contribution in [1.82, 2.24) is 0 Å². The zero-order valence-electron chi connectivity index (χ0n) is 28.6. The number of anilines is 3. The van der Waals surface area contributed by atoms with Crippen LogP contribution in [0.5, 0.6) is 0 Å². The van der Waals surface area contributed by atoms with Crippen LogP contribution in [0.3, 0.4) is 0 Å². The SMILES string of the molecule is Cc1ccc(C2(c3ccccc3)c3ccccc3-c3ccc(N(c4ccc(-c5ccccc5)cc4)c4ccc(-c5ccccc5)cc4)cc32)cc1. The first-order chi connectivity index (χ1) is 25.2. The van der Waals surface area contributed by atoms with Crippen molar-refractivity contribution in [2.75, 3.05) is 4.90 Å². The predicted octanol–water partition coefficient (Wildman–Crippen LogP) is 13.2. The van der Waals surface area contributed by atoms with Crippen molar-refractivity contribution in [3.63, 3.8) is 0 Å². The Balaban J connectivity index is 1.26. The zero-order valence-corrected chi connectivity index (χ0v) is 28.6. The minimum atomic E-state index is -0.475. The summed E-state index contributed by atoms with van der Waals surface area (Å²) < 4.78 is 0. The molecule has 8 aromatic carbocycles. The quantitative estimate of drug-likeness (QED) is 0.166. The molecule has 0 saturated heterocycles. The van der Waals surface area contributed by atoms with Crippen molar-refractivity contribution >= 4 is 17.1 Å². The summed E-state index contributed by atoms with van der Waals surface area (Å²) in [5.74, 6) is 0. The lowest BCUT2D eigenvalue weighted by Gasteiger charge is -2.35. The molecule has 0 fully saturated rings. The van der Waals surface area contributed by atoms with E-state index in [4.69, 9.17) is 0 Å². The van der Waals surface area contributed by atoms with Crippen LogP contribution in [0, 0.1) is 6.92 Å². The average molecular weight is 652 g/mol. The fraction of sp³-hybridized carbons (Fsp3) is 0.0400. The minimum absolute atomic E-state index is 0.475. The third-order valence-corrected chi connectivity index (χ3v) is 10.4. The molecule has 1 unspecified atom stereocenters. The maximum Gasteiger partial charge on any atom is 0.0714 e. The third-order valence-electron chi connectivity index (χ3n) is 10.4. The number of nitrogens with zero attached hydrogens (tertiary/aromatic N) is 1. The van der Waals surface area contributed by atoms with Gasteiger partial charge in [0.25, 0.3) is 0 Å². The number of aryl methyl sites for hydroxylation is 1. The lowest BCUT2D eigenvalue weighted by Crippen LogP contribution is -2.28. The van der Waals surface area contributed by atoms with Crippen molar-refractivity contribution in [2.24, 2.45) is 0 Å². The van der Waals surface area contributed by atoms with Gasteiger partial charge in [0.15, 0.2) is 0 Å². The van der Waals surface area contributed by atoms with Gasteiger partial charge in [-0.1, -0.05) is 175 Å². The van der Waals surface area contributed by atoms with Gasteiger partial charge in [-0.15, -0.1) is 0 Å². The second kappa shape index (κ2) is 12.8. The third kappa shape index (κ3) is 5.26. The molecule has 9 rings (SSSR count). The van der Waals surface area contributed by atoms with Gasteiger partial charge in [-0.3, -0.25) is 0 Å². The summed E-state index contributed by atoms with van der Waals surface area (Å²) in [5, 5.41) is 0. The van der Waals surface area contributed by atoms with E-state index in [1.807, 2.05) is 0 Å². The van der Waals surface area contributed by atoms with E-state index in [0.717, 1.165) is 17.1 Å². The first kappa shape index (κ1) is 30.6. The summed E-state index contributed by atoms with van der Waals surface area (Å²) in [5.41, 5.74) is 16.7. The molecule has 1 aliphatic carbocycles. The van der Waals surface area contributed by atoms with Crippen LogP contribution in [0.25, 0.3) is 33.4 Å². The number of benzene rings is 8. The Hall–Kier alpha value is -6.44. The van der Waals surface area contributed by atoms with Crippen LogP contribution in [0.4, 0.5) is 17.1 Å². The molecule has 0 radical (unpaired) electrons. The van der Waals surface area contributed by atoms with Gasteiger partial charge in [0.1, 0.15) is 0 Å². The number of fused-ring (bicyclic) bond motifs is 3. The Morgan fingerprint density at radius 3 is 1.33 bits per heavy atom. The molecular formula is C50H37N. The van der Waals surface area contributed by atoms with E-state index in [9.17, 15) is 0 Å². The second-order valence-corrected chi connectivity index (χ2v) is 13.4. The summed E-state index contributed by atoms with van der Waals surface area (Å²) >= 11 is 0. The highest BCUT2D eigenvalue weighted by Crippen LogP contribution is 2.57. The van der Waals surface area contributed by atoms with Gasteiger partial charge in [-0.05, 0) is 99.0 Å². The molecule has 0 heterocycles. The normalized spacial score (nSPS) is 14.5. The van der Waals surface area contributed by atoms with E-state index in [0.29, 0.717) is 0 Å². The summed E-state index contributed by atoms with van der Waals surface area (Å²) in [6.07, 6.45) is 0. The smallest absolute Gasteiger partial charge is 0.0714 e. The van der Waals surface area contributed by atoms with Crippen molar-refractivity contribution in [1.29, 1.82) is 0 Å². The second-order valence-electron chi connectivity index (χ2n) is 13.4. The summed E-state index contributed by atoms with van der Waals surface area (Å²) in [6.45, 7) is 2.16. The Labute approximate surface area is 300 Å². The molecule has 1 aliphatic rings. The molecule has 8 aromatic rings. The lowest BCUT2D eigenvalue weighted by atomic mass is 9.67. The van der Waals surface area contributed by atoms with E-state index in [1.165, 1.54) is 61.2 Å². The highest BCUT2D eigenvalue weighted by molar-refractivity contribution is 5.90. The van der Waals surface area contributed by atoms with Gasteiger partial charge in [-0.25, -0.2) is 0 Å². The number of rotatable bonds is 7. The highest BCUT2D eigenvalue weighted by Gasteiger charge is 2.46. The molecular weight excluding hydrogens is 615 g/mol. The molecule has 1 nitrogen and oxygen atoms in total. The van der Waals surface area contributed by atoms with Gasteiger partial charge in [-0.2, -0.15) is 0 Å². The predicted molar refractivity (Wildman–Crippen MR) is 214 cm³/mol. The molecule has 0 saturated carbocycles. The lowest BCUT2D eigenvalue weighted by molar-refractivity contribution is 0.768. The van der Waals surface area contributed by atoms with Crippen LogP contribution in [0.2, 0.25) is 0 Å². The molecule has 0 spiro atoms. The monoisotopic (exact) mass is 651 g/mol. The summed E-state index contributed by atoms with van der Waals surface area (Å²) in [7, 11) is 0. The maximum atomic E-state index is 2.44. The summed E-state index contributed by atoms with van der Waals surface area (Å²) in [4.78, 5) is 2.40. The fourth-order valence-corrected chi connectivity index (χ4v) is 8.00. The van der Waals surface area contributed by atoms with E-state index in [2.05, 4.69) is 218 Å². The van der Waals surface area contributed by atoms with Crippen LogP contribution < -0.4 is 4.90 Å². The molecule has 242 valence electrons. The Bertz CT molecular complexity index is 2350.